The van der Waals surface area contributed by atoms with E-state index in [2.05, 4.69) is 0 Å². The third-order valence-electron chi connectivity index (χ3n) is 1.82. The van der Waals surface area contributed by atoms with Gasteiger partial charge in [-0.15, -0.1) is 23.2 Å². The third-order valence-corrected chi connectivity index (χ3v) is 4.83. The molecule has 96 valence electrons. The summed E-state index contributed by atoms with van der Waals surface area (Å²) in [7, 11) is -2.98. The van der Waals surface area contributed by atoms with E-state index in [0.29, 0.717) is 31.0 Å². The molecule has 0 heterocycles. The smallest absolute Gasteiger partial charge is 0.318 e. The molecule has 0 rings (SSSR count). The lowest BCUT2D eigenvalue weighted by atomic mass is 10.6. The quantitative estimate of drug-likeness (QED) is 0.378. The molecule has 1 unspecified atom stereocenters. The highest BCUT2D eigenvalue weighted by atomic mass is 35.5. The second-order valence-corrected chi connectivity index (χ2v) is 7.25. The first-order valence-electron chi connectivity index (χ1n) is 4.66. The summed E-state index contributed by atoms with van der Waals surface area (Å²) in [5.74, 6) is 0.700. The van der Waals surface area contributed by atoms with Crippen LogP contribution in [0.3, 0.4) is 0 Å². The van der Waals surface area contributed by atoms with Gasteiger partial charge in [-0.3, -0.25) is 4.57 Å². The number of halogens is 4. The number of hydrogen-bond acceptors (Lipinski definition) is 2. The molecule has 0 radical (unpaired) electrons. The lowest BCUT2D eigenvalue weighted by Crippen LogP contribution is -2.26. The molecule has 0 spiro atoms. The van der Waals surface area contributed by atoms with Crippen molar-refractivity contribution in [1.82, 2.24) is 4.67 Å². The molecule has 0 aliphatic carbocycles. The van der Waals surface area contributed by atoms with Gasteiger partial charge in [0, 0.05) is 31.0 Å². The van der Waals surface area contributed by atoms with Crippen LogP contribution in [-0.4, -0.2) is 35.7 Å². The highest BCUT2D eigenvalue weighted by molar-refractivity contribution is 7.56. The molecule has 8 heteroatoms. The van der Waals surface area contributed by atoms with Gasteiger partial charge in [0.05, 0.1) is 0 Å². The minimum Gasteiger partial charge on any atom is -0.438 e. The van der Waals surface area contributed by atoms with Gasteiger partial charge in [0.15, 0.2) is 0 Å². The Morgan fingerprint density at radius 2 is 1.81 bits per heavy atom. The molecule has 0 aliphatic rings. The van der Waals surface area contributed by atoms with Crippen molar-refractivity contribution >= 4 is 53.9 Å². The van der Waals surface area contributed by atoms with Gasteiger partial charge in [0.2, 0.25) is 0 Å². The fourth-order valence-electron chi connectivity index (χ4n) is 1.08. The van der Waals surface area contributed by atoms with E-state index in [9.17, 15) is 4.57 Å². The molecular formula is C8H14Cl4NO2P. The van der Waals surface area contributed by atoms with E-state index < -0.39 is 7.52 Å². The minimum atomic E-state index is -2.98. The Labute approximate surface area is 116 Å². The molecule has 0 amide bonds. The van der Waals surface area contributed by atoms with Crippen molar-refractivity contribution in [3.8, 4) is 0 Å². The fraction of sp³-hybridized carbons (Fsp3) is 0.750. The largest absolute Gasteiger partial charge is 0.438 e. The average Bonchev–Trinajstić information content (AvgIpc) is 2.25. The highest BCUT2D eigenvalue weighted by Gasteiger charge is 2.29. The first-order valence-corrected chi connectivity index (χ1v) is 8.25. The molecule has 0 fully saturated rings. The van der Waals surface area contributed by atoms with Crippen LogP contribution < -0.4 is 0 Å². The second-order valence-electron chi connectivity index (χ2n) is 2.80. The van der Waals surface area contributed by atoms with E-state index in [1.165, 1.54) is 0 Å². The maximum Gasteiger partial charge on any atom is 0.318 e. The second kappa shape index (κ2) is 8.91. The molecule has 0 aromatic heterocycles. The van der Waals surface area contributed by atoms with Crippen molar-refractivity contribution < 1.29 is 9.09 Å². The summed E-state index contributed by atoms with van der Waals surface area (Å²) >= 11 is 22.1. The van der Waals surface area contributed by atoms with Gasteiger partial charge < -0.3 is 4.52 Å². The van der Waals surface area contributed by atoms with Crippen molar-refractivity contribution in [2.24, 2.45) is 0 Å². The number of alkyl halides is 2. The monoisotopic (exact) mass is 327 g/mol. The molecule has 0 bridgehead atoms. The Morgan fingerprint density at radius 1 is 1.31 bits per heavy atom. The van der Waals surface area contributed by atoms with Crippen LogP contribution in [0.15, 0.2) is 10.8 Å². The van der Waals surface area contributed by atoms with Gasteiger partial charge in [-0.1, -0.05) is 30.1 Å². The molecule has 3 nitrogen and oxygen atoms in total. The summed E-state index contributed by atoms with van der Waals surface area (Å²) in [5.41, 5.74) is 0. The molecule has 0 saturated heterocycles. The van der Waals surface area contributed by atoms with E-state index >= 15 is 0 Å². The summed E-state index contributed by atoms with van der Waals surface area (Å²) in [4.78, 5) is 0. The summed E-state index contributed by atoms with van der Waals surface area (Å²) in [6, 6.07) is 0. The topological polar surface area (TPSA) is 29.5 Å². The highest BCUT2D eigenvalue weighted by Crippen LogP contribution is 2.50. The van der Waals surface area contributed by atoms with Crippen LogP contribution in [-0.2, 0) is 9.09 Å². The Balaban J connectivity index is 4.72. The van der Waals surface area contributed by atoms with E-state index in [1.807, 2.05) is 0 Å². The Hall–Kier alpha value is 0.890. The number of nitrogens with zero attached hydrogens (tertiary/aromatic N) is 1. The van der Waals surface area contributed by atoms with Crippen molar-refractivity contribution in [3.05, 3.63) is 10.8 Å². The molecule has 0 aromatic rings. The summed E-state index contributed by atoms with van der Waals surface area (Å²) < 4.78 is 19.1. The predicted octanol–water partition coefficient (Wildman–Crippen LogP) is 4.27. The predicted molar refractivity (Wildman–Crippen MR) is 72.0 cm³/mol. The van der Waals surface area contributed by atoms with Gasteiger partial charge in [-0.25, -0.2) is 4.67 Å². The van der Waals surface area contributed by atoms with Gasteiger partial charge in [-0.05, 0) is 0 Å². The van der Waals surface area contributed by atoms with E-state index in [0.717, 1.165) is 6.26 Å². The van der Waals surface area contributed by atoms with Crippen LogP contribution in [0, 0.1) is 0 Å². The summed E-state index contributed by atoms with van der Waals surface area (Å²) in [6.07, 6.45) is 1.40. The Bertz CT molecular complexity index is 265. The first kappa shape index (κ1) is 16.9. The lowest BCUT2D eigenvalue weighted by Gasteiger charge is -2.28. The average molecular weight is 329 g/mol. The van der Waals surface area contributed by atoms with Gasteiger partial charge >= 0.3 is 7.52 Å². The maximum absolute atomic E-state index is 12.4. The standard InChI is InChI=1S/C8H14Cl4NO2P/c1-2-16(14,15-7-8(11)12)13(5-3-9)6-4-10/h7H,2-6H2,1H3. The fourth-order valence-corrected chi connectivity index (χ4v) is 3.69. The SMILES string of the molecule is CCP(=O)(OC=C(Cl)Cl)N(CCCl)CCCl. The normalized spacial score (nSPS) is 14.6. The van der Waals surface area contributed by atoms with Gasteiger partial charge in [0.25, 0.3) is 0 Å². The lowest BCUT2D eigenvalue weighted by molar-refractivity contribution is 0.347. The molecular weight excluding hydrogens is 315 g/mol. The van der Waals surface area contributed by atoms with Crippen molar-refractivity contribution in [2.75, 3.05) is 31.0 Å². The Kier molecular flexibility index (Phi) is 9.40. The summed E-state index contributed by atoms with van der Waals surface area (Å²) in [5, 5.41) is 0. The van der Waals surface area contributed by atoms with Gasteiger partial charge in [0.1, 0.15) is 10.8 Å². The van der Waals surface area contributed by atoms with Gasteiger partial charge in [-0.2, -0.15) is 0 Å². The van der Waals surface area contributed by atoms with Crippen molar-refractivity contribution in [2.45, 2.75) is 6.92 Å². The number of hydrogen-bond donors (Lipinski definition) is 0. The van der Waals surface area contributed by atoms with Crippen LogP contribution >= 0.6 is 53.9 Å². The van der Waals surface area contributed by atoms with Crippen LogP contribution in [0.4, 0.5) is 0 Å². The Morgan fingerprint density at radius 3 is 2.12 bits per heavy atom. The third kappa shape index (κ3) is 6.00. The van der Waals surface area contributed by atoms with E-state index in [1.54, 1.807) is 11.6 Å². The van der Waals surface area contributed by atoms with E-state index in [4.69, 9.17) is 50.9 Å². The van der Waals surface area contributed by atoms with Crippen LogP contribution in [0.1, 0.15) is 6.92 Å². The van der Waals surface area contributed by atoms with Crippen LogP contribution in [0.2, 0.25) is 0 Å². The molecule has 0 N–H and O–H groups in total. The molecule has 1 atom stereocenters. The molecule has 0 aliphatic heterocycles. The molecule has 0 saturated carbocycles. The minimum absolute atomic E-state index is 0.0784. The molecule has 16 heavy (non-hydrogen) atoms. The zero-order chi connectivity index (χ0) is 12.6. The first-order chi connectivity index (χ1) is 7.50. The molecule has 0 aromatic carbocycles. The van der Waals surface area contributed by atoms with Crippen molar-refractivity contribution in [3.63, 3.8) is 0 Å². The van der Waals surface area contributed by atoms with Crippen molar-refractivity contribution in [1.29, 1.82) is 0 Å². The number of rotatable bonds is 8. The summed E-state index contributed by atoms with van der Waals surface area (Å²) in [6.45, 7) is 2.63. The zero-order valence-corrected chi connectivity index (χ0v) is 12.8. The zero-order valence-electron chi connectivity index (χ0n) is 8.84. The maximum atomic E-state index is 12.4. The van der Waals surface area contributed by atoms with Crippen LogP contribution in [0.25, 0.3) is 0 Å². The van der Waals surface area contributed by atoms with E-state index in [-0.39, 0.29) is 4.49 Å². The van der Waals surface area contributed by atoms with Crippen LogP contribution in [0.5, 0.6) is 0 Å².